The molecule has 150 valence electrons. The fraction of sp³-hybridized carbons (Fsp3) is 0.474. The third kappa shape index (κ3) is 3.40. The topological polar surface area (TPSA) is 113 Å². The Balaban J connectivity index is 1.55. The van der Waals surface area contributed by atoms with Gasteiger partial charge in [0.05, 0.1) is 12.6 Å². The first-order valence-electron chi connectivity index (χ1n) is 9.55. The molecule has 0 radical (unpaired) electrons. The van der Waals surface area contributed by atoms with E-state index in [0.717, 1.165) is 55.3 Å². The molecule has 1 aromatic heterocycles. The molecule has 2 amide bonds. The summed E-state index contributed by atoms with van der Waals surface area (Å²) in [5.41, 5.74) is 5.57. The van der Waals surface area contributed by atoms with Crippen LogP contribution in [-0.2, 0) is 35.7 Å². The molecule has 8 nitrogen and oxygen atoms in total. The zero-order valence-corrected chi connectivity index (χ0v) is 16.6. The van der Waals surface area contributed by atoms with Crippen molar-refractivity contribution in [1.29, 1.82) is 0 Å². The SMILES string of the molecule is C[C@H](CO)n1ccc(S(=O)(=O)NC(=O)Nc2c3c(cc4c2CCC4)CCC3)n1. The van der Waals surface area contributed by atoms with Crippen LogP contribution in [0, 0.1) is 0 Å². The number of hydrogen-bond donors (Lipinski definition) is 3. The molecule has 2 aliphatic rings. The van der Waals surface area contributed by atoms with Crippen LogP contribution in [0.5, 0.6) is 0 Å². The monoisotopic (exact) mass is 404 g/mol. The first kappa shape index (κ1) is 18.9. The molecule has 0 saturated heterocycles. The second-order valence-electron chi connectivity index (χ2n) is 7.46. The number of aliphatic hydroxyl groups is 1. The zero-order chi connectivity index (χ0) is 19.9. The van der Waals surface area contributed by atoms with Gasteiger partial charge in [-0.3, -0.25) is 4.68 Å². The van der Waals surface area contributed by atoms with Gasteiger partial charge in [0.15, 0.2) is 5.03 Å². The standard InChI is InChI=1S/C19H24N4O4S/c1-12(11-24)23-9-8-17(21-23)28(26,27)22-19(25)20-18-15-6-2-4-13(15)10-14-5-3-7-16(14)18/h8-10,12,24H,2-7,11H2,1H3,(H2,20,22,25)/t12-/m1/s1. The summed E-state index contributed by atoms with van der Waals surface area (Å²) in [5, 5.41) is 15.7. The molecule has 1 heterocycles. The van der Waals surface area contributed by atoms with Crippen LogP contribution in [0.3, 0.4) is 0 Å². The number of nitrogens with one attached hydrogen (secondary N) is 2. The number of carbonyl (C=O) groups is 1. The molecule has 0 unspecified atom stereocenters. The van der Waals surface area contributed by atoms with Crippen molar-refractivity contribution < 1.29 is 18.3 Å². The van der Waals surface area contributed by atoms with E-state index in [2.05, 4.69) is 21.2 Å². The lowest BCUT2D eigenvalue weighted by atomic mass is 9.99. The molecule has 2 aromatic rings. The van der Waals surface area contributed by atoms with E-state index in [1.807, 2.05) is 0 Å². The molecular formula is C19H24N4O4S. The van der Waals surface area contributed by atoms with Crippen LogP contribution >= 0.6 is 0 Å². The number of aryl methyl sites for hydroxylation is 2. The number of aliphatic hydroxyl groups excluding tert-OH is 1. The lowest BCUT2D eigenvalue weighted by Gasteiger charge is -2.16. The minimum absolute atomic E-state index is 0.167. The average molecular weight is 404 g/mol. The minimum atomic E-state index is -4.10. The van der Waals surface area contributed by atoms with Gasteiger partial charge in [0.2, 0.25) is 0 Å². The molecule has 9 heteroatoms. The highest BCUT2D eigenvalue weighted by Crippen LogP contribution is 2.38. The van der Waals surface area contributed by atoms with Gasteiger partial charge in [-0.15, -0.1) is 0 Å². The van der Waals surface area contributed by atoms with E-state index in [-0.39, 0.29) is 17.7 Å². The van der Waals surface area contributed by atoms with Crippen LogP contribution in [0.1, 0.15) is 48.1 Å². The van der Waals surface area contributed by atoms with Crippen LogP contribution in [0.4, 0.5) is 10.5 Å². The van der Waals surface area contributed by atoms with Gasteiger partial charge in [0, 0.05) is 11.9 Å². The number of amides is 2. The highest BCUT2D eigenvalue weighted by Gasteiger charge is 2.27. The number of benzene rings is 1. The highest BCUT2D eigenvalue weighted by atomic mass is 32.2. The maximum Gasteiger partial charge on any atom is 0.333 e. The van der Waals surface area contributed by atoms with E-state index >= 15 is 0 Å². The molecule has 4 rings (SSSR count). The lowest BCUT2D eigenvalue weighted by Crippen LogP contribution is -2.35. The van der Waals surface area contributed by atoms with Crippen molar-refractivity contribution in [1.82, 2.24) is 14.5 Å². The molecule has 2 aliphatic carbocycles. The molecule has 28 heavy (non-hydrogen) atoms. The van der Waals surface area contributed by atoms with Crippen molar-refractivity contribution in [3.8, 4) is 0 Å². The Kier molecular flexibility index (Phi) is 4.88. The molecular weight excluding hydrogens is 380 g/mol. The number of urea groups is 1. The van der Waals surface area contributed by atoms with Crippen molar-refractivity contribution in [3.05, 3.63) is 40.6 Å². The Morgan fingerprint density at radius 2 is 1.86 bits per heavy atom. The second kappa shape index (κ2) is 7.21. The predicted octanol–water partition coefficient (Wildman–Crippen LogP) is 1.92. The van der Waals surface area contributed by atoms with E-state index in [1.54, 1.807) is 6.92 Å². The summed E-state index contributed by atoms with van der Waals surface area (Å²) in [7, 11) is -4.10. The lowest BCUT2D eigenvalue weighted by molar-refractivity contribution is 0.228. The largest absolute Gasteiger partial charge is 0.394 e. The average Bonchev–Trinajstić information content (AvgIpc) is 3.39. The summed E-state index contributed by atoms with van der Waals surface area (Å²) in [6, 6.07) is 2.42. The number of fused-ring (bicyclic) bond motifs is 2. The molecule has 0 fully saturated rings. The Labute approximate surface area is 164 Å². The molecule has 0 saturated carbocycles. The van der Waals surface area contributed by atoms with Gasteiger partial charge in [0.1, 0.15) is 0 Å². The van der Waals surface area contributed by atoms with Gasteiger partial charge in [-0.05, 0) is 73.8 Å². The number of sulfonamides is 1. The number of aromatic nitrogens is 2. The second-order valence-corrected chi connectivity index (χ2v) is 9.09. The smallest absolute Gasteiger partial charge is 0.333 e. The van der Waals surface area contributed by atoms with Crippen LogP contribution < -0.4 is 10.0 Å². The van der Waals surface area contributed by atoms with Crippen molar-refractivity contribution in [2.75, 3.05) is 11.9 Å². The molecule has 1 atom stereocenters. The van der Waals surface area contributed by atoms with Crippen LogP contribution in [0.15, 0.2) is 23.4 Å². The van der Waals surface area contributed by atoms with Crippen molar-refractivity contribution in [3.63, 3.8) is 0 Å². The van der Waals surface area contributed by atoms with E-state index < -0.39 is 16.1 Å². The number of hydrogen-bond acceptors (Lipinski definition) is 5. The van der Waals surface area contributed by atoms with Gasteiger partial charge < -0.3 is 10.4 Å². The van der Waals surface area contributed by atoms with Gasteiger partial charge in [-0.1, -0.05) is 6.07 Å². The Morgan fingerprint density at radius 3 is 2.46 bits per heavy atom. The quantitative estimate of drug-likeness (QED) is 0.705. The first-order valence-corrected chi connectivity index (χ1v) is 11.0. The van der Waals surface area contributed by atoms with Crippen LogP contribution in [0.2, 0.25) is 0 Å². The first-order chi connectivity index (χ1) is 13.4. The fourth-order valence-electron chi connectivity index (χ4n) is 4.07. The summed E-state index contributed by atoms with van der Waals surface area (Å²) >= 11 is 0. The maximum absolute atomic E-state index is 12.5. The van der Waals surface area contributed by atoms with Gasteiger partial charge in [-0.2, -0.15) is 13.5 Å². The summed E-state index contributed by atoms with van der Waals surface area (Å²) < 4.78 is 28.4. The summed E-state index contributed by atoms with van der Waals surface area (Å²) in [6.45, 7) is 1.54. The van der Waals surface area contributed by atoms with Crippen LogP contribution in [-0.4, -0.2) is 35.9 Å². The zero-order valence-electron chi connectivity index (χ0n) is 15.7. The molecule has 1 aromatic carbocycles. The van der Waals surface area contributed by atoms with Gasteiger partial charge in [-0.25, -0.2) is 9.52 Å². The third-order valence-electron chi connectivity index (χ3n) is 5.51. The number of anilines is 1. The van der Waals surface area contributed by atoms with Crippen molar-refractivity contribution in [2.24, 2.45) is 0 Å². The molecule has 0 aliphatic heterocycles. The Morgan fingerprint density at radius 1 is 1.21 bits per heavy atom. The van der Waals surface area contributed by atoms with Gasteiger partial charge in [0.25, 0.3) is 10.0 Å². The van der Waals surface area contributed by atoms with Crippen molar-refractivity contribution >= 4 is 21.7 Å². The molecule has 0 spiro atoms. The fourth-order valence-corrected chi connectivity index (χ4v) is 4.92. The predicted molar refractivity (Wildman–Crippen MR) is 104 cm³/mol. The number of carbonyl (C=O) groups excluding carboxylic acids is 1. The summed E-state index contributed by atoms with van der Waals surface area (Å²) in [4.78, 5) is 12.5. The minimum Gasteiger partial charge on any atom is -0.394 e. The van der Waals surface area contributed by atoms with E-state index in [0.29, 0.717) is 0 Å². The van der Waals surface area contributed by atoms with E-state index in [1.165, 1.54) is 28.1 Å². The van der Waals surface area contributed by atoms with Crippen molar-refractivity contribution in [2.45, 2.75) is 56.5 Å². The van der Waals surface area contributed by atoms with E-state index in [9.17, 15) is 18.3 Å². The summed E-state index contributed by atoms with van der Waals surface area (Å²) in [5.74, 6) is 0. The van der Waals surface area contributed by atoms with Gasteiger partial charge >= 0.3 is 6.03 Å². The molecule has 3 N–H and O–H groups in total. The Bertz CT molecular complexity index is 997. The third-order valence-corrected chi connectivity index (χ3v) is 6.74. The number of rotatable bonds is 5. The molecule has 0 bridgehead atoms. The normalized spacial score (nSPS) is 16.5. The Hall–Kier alpha value is -2.39. The van der Waals surface area contributed by atoms with Crippen LogP contribution in [0.25, 0.3) is 0 Å². The summed E-state index contributed by atoms with van der Waals surface area (Å²) in [6.07, 6.45) is 7.35. The maximum atomic E-state index is 12.5. The highest BCUT2D eigenvalue weighted by molar-refractivity contribution is 7.90. The van der Waals surface area contributed by atoms with E-state index in [4.69, 9.17) is 0 Å². The number of nitrogens with zero attached hydrogens (tertiary/aromatic N) is 2.